The molecule has 76 valence electrons. The van der Waals surface area contributed by atoms with Crippen LogP contribution in [0, 0.1) is 5.82 Å². The molecule has 4 heteroatoms. The minimum atomic E-state index is -0.307. The van der Waals surface area contributed by atoms with Crippen molar-refractivity contribution in [3.05, 3.63) is 30.1 Å². The second kappa shape index (κ2) is 5.34. The highest BCUT2D eigenvalue weighted by Gasteiger charge is 2.00. The van der Waals surface area contributed by atoms with Crippen LogP contribution in [0.15, 0.2) is 24.3 Å². The summed E-state index contributed by atoms with van der Waals surface area (Å²) >= 11 is 0. The van der Waals surface area contributed by atoms with Crippen molar-refractivity contribution < 1.29 is 9.18 Å². The van der Waals surface area contributed by atoms with E-state index >= 15 is 0 Å². The standard InChI is InChI=1S/C10H13FN2O/c1-12-7-6-10(14)13-9-4-2-8(11)3-5-9/h2-5,12H,6-7H2,1H3,(H,13,14). The van der Waals surface area contributed by atoms with Crippen LogP contribution in [0.3, 0.4) is 0 Å². The van der Waals surface area contributed by atoms with Gasteiger partial charge in [0.1, 0.15) is 5.82 Å². The number of anilines is 1. The van der Waals surface area contributed by atoms with Crippen molar-refractivity contribution in [1.29, 1.82) is 0 Å². The molecule has 3 nitrogen and oxygen atoms in total. The van der Waals surface area contributed by atoms with E-state index in [0.29, 0.717) is 18.7 Å². The molecular weight excluding hydrogens is 183 g/mol. The van der Waals surface area contributed by atoms with Gasteiger partial charge in [-0.15, -0.1) is 0 Å². The number of hydrogen-bond acceptors (Lipinski definition) is 2. The molecule has 0 saturated heterocycles. The van der Waals surface area contributed by atoms with Crippen LogP contribution in [0.5, 0.6) is 0 Å². The van der Waals surface area contributed by atoms with Crippen LogP contribution in [0.2, 0.25) is 0 Å². The highest BCUT2D eigenvalue weighted by molar-refractivity contribution is 5.90. The van der Waals surface area contributed by atoms with Gasteiger partial charge in [-0.2, -0.15) is 0 Å². The Balaban J connectivity index is 2.44. The summed E-state index contributed by atoms with van der Waals surface area (Å²) in [6, 6.07) is 5.70. The van der Waals surface area contributed by atoms with Crippen LogP contribution < -0.4 is 10.6 Å². The lowest BCUT2D eigenvalue weighted by molar-refractivity contribution is -0.116. The molecule has 0 aliphatic rings. The maximum atomic E-state index is 12.5. The molecule has 0 aliphatic carbocycles. The van der Waals surface area contributed by atoms with E-state index in [-0.39, 0.29) is 11.7 Å². The predicted octanol–water partition coefficient (Wildman–Crippen LogP) is 1.37. The van der Waals surface area contributed by atoms with Gasteiger partial charge in [-0.05, 0) is 31.3 Å². The number of carbonyl (C=O) groups excluding carboxylic acids is 1. The van der Waals surface area contributed by atoms with Crippen molar-refractivity contribution in [3.8, 4) is 0 Å². The predicted molar refractivity (Wildman–Crippen MR) is 53.6 cm³/mol. The molecule has 2 N–H and O–H groups in total. The van der Waals surface area contributed by atoms with Crippen LogP contribution >= 0.6 is 0 Å². The fourth-order valence-electron chi connectivity index (χ4n) is 0.995. The highest BCUT2D eigenvalue weighted by Crippen LogP contribution is 2.08. The quantitative estimate of drug-likeness (QED) is 0.763. The van der Waals surface area contributed by atoms with Crippen LogP contribution in [0.1, 0.15) is 6.42 Å². The Morgan fingerprint density at radius 3 is 2.57 bits per heavy atom. The summed E-state index contributed by atoms with van der Waals surface area (Å²) < 4.78 is 12.5. The summed E-state index contributed by atoms with van der Waals surface area (Å²) in [4.78, 5) is 11.2. The summed E-state index contributed by atoms with van der Waals surface area (Å²) in [5.41, 5.74) is 0.618. The van der Waals surface area contributed by atoms with Gasteiger partial charge in [-0.3, -0.25) is 4.79 Å². The lowest BCUT2D eigenvalue weighted by atomic mass is 10.3. The van der Waals surface area contributed by atoms with Gasteiger partial charge in [0.15, 0.2) is 0 Å². The number of benzene rings is 1. The zero-order chi connectivity index (χ0) is 10.4. The van der Waals surface area contributed by atoms with E-state index in [9.17, 15) is 9.18 Å². The van der Waals surface area contributed by atoms with Gasteiger partial charge in [0.05, 0.1) is 0 Å². The number of amides is 1. The van der Waals surface area contributed by atoms with E-state index in [1.807, 2.05) is 0 Å². The summed E-state index contributed by atoms with van der Waals surface area (Å²) in [7, 11) is 1.78. The molecule has 0 unspecified atom stereocenters. The first kappa shape index (κ1) is 10.7. The molecule has 0 fully saturated rings. The van der Waals surface area contributed by atoms with Crippen LogP contribution in [-0.2, 0) is 4.79 Å². The summed E-state index contributed by atoms with van der Waals surface area (Å²) in [5, 5.41) is 5.53. The van der Waals surface area contributed by atoms with Gasteiger partial charge in [-0.1, -0.05) is 0 Å². The minimum Gasteiger partial charge on any atom is -0.326 e. The van der Waals surface area contributed by atoms with E-state index in [0.717, 1.165) is 0 Å². The van der Waals surface area contributed by atoms with E-state index in [1.54, 1.807) is 7.05 Å². The second-order valence-electron chi connectivity index (χ2n) is 2.91. The van der Waals surface area contributed by atoms with Crippen molar-refractivity contribution >= 4 is 11.6 Å². The van der Waals surface area contributed by atoms with E-state index in [4.69, 9.17) is 0 Å². The molecule has 14 heavy (non-hydrogen) atoms. The fraction of sp³-hybridized carbons (Fsp3) is 0.300. The number of carbonyl (C=O) groups is 1. The van der Waals surface area contributed by atoms with Gasteiger partial charge in [0, 0.05) is 18.7 Å². The fourth-order valence-corrected chi connectivity index (χ4v) is 0.995. The summed E-state index contributed by atoms with van der Waals surface area (Å²) in [6.07, 6.45) is 0.411. The van der Waals surface area contributed by atoms with Gasteiger partial charge >= 0.3 is 0 Å². The normalized spacial score (nSPS) is 9.86. The Hall–Kier alpha value is -1.42. The van der Waals surface area contributed by atoms with Crippen LogP contribution in [0.4, 0.5) is 10.1 Å². The van der Waals surface area contributed by atoms with Crippen molar-refractivity contribution in [1.82, 2.24) is 5.32 Å². The molecule has 0 radical (unpaired) electrons. The number of nitrogens with one attached hydrogen (secondary N) is 2. The third kappa shape index (κ3) is 3.53. The smallest absolute Gasteiger partial charge is 0.225 e. The molecule has 0 aliphatic heterocycles. The maximum Gasteiger partial charge on any atom is 0.225 e. The molecule has 1 amide bonds. The van der Waals surface area contributed by atoms with Gasteiger partial charge in [0.25, 0.3) is 0 Å². The number of hydrogen-bond donors (Lipinski definition) is 2. The summed E-state index contributed by atoms with van der Waals surface area (Å²) in [5.74, 6) is -0.385. The van der Waals surface area contributed by atoms with Gasteiger partial charge < -0.3 is 10.6 Å². The number of rotatable bonds is 4. The first-order chi connectivity index (χ1) is 6.72. The van der Waals surface area contributed by atoms with Crippen molar-refractivity contribution in [3.63, 3.8) is 0 Å². The molecule has 0 spiro atoms. The first-order valence-corrected chi connectivity index (χ1v) is 4.42. The highest BCUT2D eigenvalue weighted by atomic mass is 19.1. The molecule has 1 aromatic rings. The largest absolute Gasteiger partial charge is 0.326 e. The Kier molecular flexibility index (Phi) is 4.07. The van der Waals surface area contributed by atoms with Crippen LogP contribution in [-0.4, -0.2) is 19.5 Å². The molecule has 0 heterocycles. The molecule has 0 bridgehead atoms. The van der Waals surface area contributed by atoms with Crippen LogP contribution in [0.25, 0.3) is 0 Å². The zero-order valence-electron chi connectivity index (χ0n) is 8.01. The van der Waals surface area contributed by atoms with E-state index in [1.165, 1.54) is 24.3 Å². The maximum absolute atomic E-state index is 12.5. The Morgan fingerprint density at radius 2 is 2.00 bits per heavy atom. The Morgan fingerprint density at radius 1 is 1.36 bits per heavy atom. The van der Waals surface area contributed by atoms with Crippen molar-refractivity contribution in [2.75, 3.05) is 18.9 Å². The second-order valence-corrected chi connectivity index (χ2v) is 2.91. The SMILES string of the molecule is CNCCC(=O)Nc1ccc(F)cc1. The van der Waals surface area contributed by atoms with E-state index in [2.05, 4.69) is 10.6 Å². The lowest BCUT2D eigenvalue weighted by Gasteiger charge is -2.04. The molecular formula is C10H13FN2O. The molecule has 0 atom stereocenters. The minimum absolute atomic E-state index is 0.0778. The Labute approximate surface area is 82.3 Å². The van der Waals surface area contributed by atoms with Gasteiger partial charge in [-0.25, -0.2) is 4.39 Å². The van der Waals surface area contributed by atoms with Gasteiger partial charge in [0.2, 0.25) is 5.91 Å². The monoisotopic (exact) mass is 196 g/mol. The topological polar surface area (TPSA) is 41.1 Å². The molecule has 1 aromatic carbocycles. The number of halogens is 1. The average Bonchev–Trinajstić information content (AvgIpc) is 2.18. The molecule has 0 aromatic heterocycles. The Bertz CT molecular complexity index is 297. The third-order valence-electron chi connectivity index (χ3n) is 1.73. The third-order valence-corrected chi connectivity index (χ3v) is 1.73. The molecule has 0 saturated carbocycles. The first-order valence-electron chi connectivity index (χ1n) is 4.42. The summed E-state index contributed by atoms with van der Waals surface area (Å²) in [6.45, 7) is 0.632. The van der Waals surface area contributed by atoms with E-state index < -0.39 is 0 Å². The lowest BCUT2D eigenvalue weighted by Crippen LogP contribution is -2.18. The average molecular weight is 196 g/mol. The van der Waals surface area contributed by atoms with Crippen molar-refractivity contribution in [2.45, 2.75) is 6.42 Å². The van der Waals surface area contributed by atoms with Crippen molar-refractivity contribution in [2.24, 2.45) is 0 Å². The zero-order valence-corrected chi connectivity index (χ0v) is 8.01. The molecule has 1 rings (SSSR count).